The van der Waals surface area contributed by atoms with E-state index in [1.165, 1.54) is 0 Å². The highest BCUT2D eigenvalue weighted by atomic mass is 16.4. The Bertz CT molecular complexity index is 474. The smallest absolute Gasteiger partial charge is 0.308 e. The predicted molar refractivity (Wildman–Crippen MR) is 73.5 cm³/mol. The Balaban J connectivity index is 2.11. The van der Waals surface area contributed by atoms with Gasteiger partial charge in [0.25, 0.3) is 0 Å². The molecule has 0 bridgehead atoms. The molecule has 2 unspecified atom stereocenters. The van der Waals surface area contributed by atoms with Crippen LogP contribution in [-0.2, 0) is 4.79 Å². The van der Waals surface area contributed by atoms with Gasteiger partial charge in [-0.3, -0.25) is 4.79 Å². The fourth-order valence-electron chi connectivity index (χ4n) is 2.15. The first-order chi connectivity index (χ1) is 9.05. The molecule has 0 aromatic carbocycles. The third kappa shape index (κ3) is 3.13. The van der Waals surface area contributed by atoms with Gasteiger partial charge < -0.3 is 15.3 Å². The van der Waals surface area contributed by atoms with Gasteiger partial charge in [-0.15, -0.1) is 0 Å². The molecule has 1 saturated carbocycles. The number of aromatic nitrogens is 2. The van der Waals surface area contributed by atoms with E-state index in [0.717, 1.165) is 18.9 Å². The number of carbonyl (C=O) groups is 1. The van der Waals surface area contributed by atoms with Crippen molar-refractivity contribution in [1.82, 2.24) is 9.97 Å². The number of hydrogen-bond donors (Lipinski definition) is 2. The number of aryl methyl sites for hydroxylation is 1. The van der Waals surface area contributed by atoms with Crippen LogP contribution in [0, 0.1) is 12.8 Å². The molecule has 0 aliphatic heterocycles. The third-order valence-electron chi connectivity index (χ3n) is 3.35. The van der Waals surface area contributed by atoms with Crippen molar-refractivity contribution in [1.29, 1.82) is 0 Å². The Morgan fingerprint density at radius 3 is 2.68 bits per heavy atom. The monoisotopic (exact) mass is 264 g/mol. The molecule has 1 heterocycles. The molecular formula is C13H20N4O2. The SMILES string of the molecule is CCN(CC)c1cc(NC2CC2C(=O)O)nc(C)n1. The molecule has 1 fully saturated rings. The van der Waals surface area contributed by atoms with E-state index in [0.29, 0.717) is 18.1 Å². The fourth-order valence-corrected chi connectivity index (χ4v) is 2.15. The Hall–Kier alpha value is -1.85. The van der Waals surface area contributed by atoms with E-state index >= 15 is 0 Å². The molecule has 2 atom stereocenters. The summed E-state index contributed by atoms with van der Waals surface area (Å²) in [6.07, 6.45) is 0.666. The number of aliphatic carboxylic acids is 1. The summed E-state index contributed by atoms with van der Waals surface area (Å²) in [5.41, 5.74) is 0. The second-order valence-corrected chi connectivity index (χ2v) is 4.76. The zero-order valence-corrected chi connectivity index (χ0v) is 11.6. The molecule has 6 heteroatoms. The first kappa shape index (κ1) is 13.6. The number of anilines is 2. The van der Waals surface area contributed by atoms with Crippen molar-refractivity contribution in [2.75, 3.05) is 23.3 Å². The molecule has 0 spiro atoms. The van der Waals surface area contributed by atoms with Gasteiger partial charge in [-0.25, -0.2) is 9.97 Å². The average molecular weight is 264 g/mol. The Labute approximate surface area is 112 Å². The maximum Gasteiger partial charge on any atom is 0.308 e. The summed E-state index contributed by atoms with van der Waals surface area (Å²) in [7, 11) is 0. The van der Waals surface area contributed by atoms with E-state index in [-0.39, 0.29) is 12.0 Å². The quantitative estimate of drug-likeness (QED) is 0.811. The summed E-state index contributed by atoms with van der Waals surface area (Å²) in [6.45, 7) is 7.77. The van der Waals surface area contributed by atoms with Crippen LogP contribution >= 0.6 is 0 Å². The maximum absolute atomic E-state index is 10.8. The number of hydrogen-bond acceptors (Lipinski definition) is 5. The van der Waals surface area contributed by atoms with Crippen molar-refractivity contribution in [2.24, 2.45) is 5.92 Å². The zero-order valence-electron chi connectivity index (χ0n) is 11.6. The van der Waals surface area contributed by atoms with Crippen LogP contribution in [0.4, 0.5) is 11.6 Å². The average Bonchev–Trinajstić information content (AvgIpc) is 3.09. The highest BCUT2D eigenvalue weighted by Gasteiger charge is 2.43. The van der Waals surface area contributed by atoms with Gasteiger partial charge in [0.2, 0.25) is 0 Å². The molecule has 0 saturated heterocycles. The van der Waals surface area contributed by atoms with Gasteiger partial charge >= 0.3 is 5.97 Å². The van der Waals surface area contributed by atoms with Crippen molar-refractivity contribution in [3.05, 3.63) is 11.9 Å². The van der Waals surface area contributed by atoms with Crippen molar-refractivity contribution < 1.29 is 9.90 Å². The lowest BCUT2D eigenvalue weighted by molar-refractivity contribution is -0.138. The van der Waals surface area contributed by atoms with Crippen LogP contribution in [0.25, 0.3) is 0 Å². The number of nitrogens with one attached hydrogen (secondary N) is 1. The largest absolute Gasteiger partial charge is 0.481 e. The maximum atomic E-state index is 10.8. The summed E-state index contributed by atoms with van der Waals surface area (Å²) in [5.74, 6) is 1.26. The van der Waals surface area contributed by atoms with E-state index < -0.39 is 5.97 Å². The molecule has 2 rings (SSSR count). The standard InChI is InChI=1S/C13H20N4O2/c1-4-17(5-2)12-7-11(14-8(3)15-12)16-10-6-9(10)13(18)19/h7,9-10H,4-6H2,1-3H3,(H,18,19)(H,14,15,16). The van der Waals surface area contributed by atoms with Gasteiger partial charge in [0.05, 0.1) is 5.92 Å². The number of rotatable bonds is 6. The van der Waals surface area contributed by atoms with Crippen LogP contribution in [0.2, 0.25) is 0 Å². The van der Waals surface area contributed by atoms with Crippen LogP contribution in [0.15, 0.2) is 6.07 Å². The molecule has 0 amide bonds. The van der Waals surface area contributed by atoms with Gasteiger partial charge in [-0.2, -0.15) is 0 Å². The lowest BCUT2D eigenvalue weighted by Gasteiger charge is -2.20. The van der Waals surface area contributed by atoms with E-state index in [9.17, 15) is 4.79 Å². The van der Waals surface area contributed by atoms with E-state index in [2.05, 4.69) is 34.0 Å². The van der Waals surface area contributed by atoms with Crippen LogP contribution in [-0.4, -0.2) is 40.2 Å². The van der Waals surface area contributed by atoms with Crippen molar-refractivity contribution in [2.45, 2.75) is 33.2 Å². The Kier molecular flexibility index (Phi) is 3.87. The van der Waals surface area contributed by atoms with Crippen molar-refractivity contribution >= 4 is 17.6 Å². The summed E-state index contributed by atoms with van der Waals surface area (Å²) < 4.78 is 0. The third-order valence-corrected chi connectivity index (χ3v) is 3.35. The predicted octanol–water partition coefficient (Wildman–Crippen LogP) is 1.52. The normalized spacial score (nSPS) is 21.0. The molecule has 19 heavy (non-hydrogen) atoms. The Morgan fingerprint density at radius 1 is 1.47 bits per heavy atom. The molecule has 104 valence electrons. The number of nitrogens with zero attached hydrogens (tertiary/aromatic N) is 3. The highest BCUT2D eigenvalue weighted by Crippen LogP contribution is 2.33. The molecule has 1 aromatic rings. The van der Waals surface area contributed by atoms with E-state index in [1.54, 1.807) is 0 Å². The molecule has 0 radical (unpaired) electrons. The summed E-state index contributed by atoms with van der Waals surface area (Å²) in [6, 6.07) is 1.88. The molecule has 1 aliphatic carbocycles. The first-order valence-electron chi connectivity index (χ1n) is 6.65. The minimum Gasteiger partial charge on any atom is -0.481 e. The van der Waals surface area contributed by atoms with Crippen LogP contribution in [0.5, 0.6) is 0 Å². The van der Waals surface area contributed by atoms with Gasteiger partial charge in [0.15, 0.2) is 0 Å². The topological polar surface area (TPSA) is 78.4 Å². The Morgan fingerprint density at radius 2 is 2.16 bits per heavy atom. The molecule has 2 N–H and O–H groups in total. The number of carboxylic acid groups (broad SMARTS) is 1. The second-order valence-electron chi connectivity index (χ2n) is 4.76. The highest BCUT2D eigenvalue weighted by molar-refractivity contribution is 5.75. The molecule has 1 aromatic heterocycles. The van der Waals surface area contributed by atoms with Gasteiger partial charge in [-0.1, -0.05) is 0 Å². The minimum absolute atomic E-state index is 0.00338. The first-order valence-corrected chi connectivity index (χ1v) is 6.65. The summed E-state index contributed by atoms with van der Waals surface area (Å²) in [4.78, 5) is 21.7. The van der Waals surface area contributed by atoms with Crippen molar-refractivity contribution in [3.63, 3.8) is 0 Å². The summed E-state index contributed by atoms with van der Waals surface area (Å²) >= 11 is 0. The second kappa shape index (κ2) is 5.42. The molecule has 6 nitrogen and oxygen atoms in total. The molecular weight excluding hydrogens is 244 g/mol. The molecule has 1 aliphatic rings. The van der Waals surface area contributed by atoms with Gasteiger partial charge in [0, 0.05) is 25.2 Å². The lowest BCUT2D eigenvalue weighted by atomic mass is 10.4. The lowest BCUT2D eigenvalue weighted by Crippen LogP contribution is -2.24. The minimum atomic E-state index is -0.743. The van der Waals surface area contributed by atoms with Gasteiger partial charge in [-0.05, 0) is 27.2 Å². The van der Waals surface area contributed by atoms with Crippen LogP contribution < -0.4 is 10.2 Å². The number of carboxylic acids is 1. The van der Waals surface area contributed by atoms with Crippen molar-refractivity contribution in [3.8, 4) is 0 Å². The fraction of sp³-hybridized carbons (Fsp3) is 0.615. The summed E-state index contributed by atoms with van der Waals surface area (Å²) in [5, 5.41) is 12.1. The van der Waals surface area contributed by atoms with E-state index in [1.807, 2.05) is 13.0 Å². The van der Waals surface area contributed by atoms with Crippen LogP contribution in [0.3, 0.4) is 0 Å². The van der Waals surface area contributed by atoms with Gasteiger partial charge in [0.1, 0.15) is 17.5 Å². The zero-order chi connectivity index (χ0) is 14.0. The van der Waals surface area contributed by atoms with Crippen LogP contribution in [0.1, 0.15) is 26.1 Å². The van der Waals surface area contributed by atoms with E-state index in [4.69, 9.17) is 5.11 Å².